The van der Waals surface area contributed by atoms with Crippen LogP contribution in [-0.2, 0) is 6.54 Å². The molecule has 0 atom stereocenters. The molecule has 0 aromatic heterocycles. The van der Waals surface area contributed by atoms with Crippen molar-refractivity contribution in [3.63, 3.8) is 0 Å². The third-order valence-corrected chi connectivity index (χ3v) is 3.48. The van der Waals surface area contributed by atoms with Gasteiger partial charge in [-0.1, -0.05) is 35.3 Å². The maximum atomic E-state index is 11.9. The van der Waals surface area contributed by atoms with Crippen LogP contribution in [0.3, 0.4) is 0 Å². The molecule has 0 unspecified atom stereocenters. The topological polar surface area (TPSA) is 53.2 Å². The fraction of sp³-hybridized carbons (Fsp3) is 0.133. The van der Waals surface area contributed by atoms with E-state index in [1.54, 1.807) is 18.2 Å². The standard InChI is InChI=1S/C15H15Cl2N3O/c1-18-9-10-3-2-4-11(7-10)19-15(21)20-12-5-6-13(16)14(17)8-12/h2-8,18H,9H2,1H3,(H2,19,20,21). The molecule has 2 amide bonds. The van der Waals surface area contributed by atoms with Gasteiger partial charge in [0.05, 0.1) is 10.0 Å². The summed E-state index contributed by atoms with van der Waals surface area (Å²) in [5, 5.41) is 9.37. The molecule has 0 aliphatic carbocycles. The van der Waals surface area contributed by atoms with Gasteiger partial charge in [0.1, 0.15) is 0 Å². The number of nitrogens with one attached hydrogen (secondary N) is 3. The Hall–Kier alpha value is -1.75. The van der Waals surface area contributed by atoms with Crippen molar-refractivity contribution >= 4 is 40.6 Å². The Bertz CT molecular complexity index is 647. The molecule has 0 aliphatic rings. The molecule has 0 aliphatic heterocycles. The van der Waals surface area contributed by atoms with Crippen LogP contribution in [-0.4, -0.2) is 13.1 Å². The number of rotatable bonds is 4. The van der Waals surface area contributed by atoms with Crippen LogP contribution in [0.5, 0.6) is 0 Å². The molecule has 0 fully saturated rings. The number of anilines is 2. The zero-order chi connectivity index (χ0) is 15.2. The van der Waals surface area contributed by atoms with Gasteiger partial charge in [0.25, 0.3) is 0 Å². The van der Waals surface area contributed by atoms with E-state index in [0.29, 0.717) is 15.7 Å². The molecule has 0 bridgehead atoms. The Morgan fingerprint density at radius 2 is 1.71 bits per heavy atom. The van der Waals surface area contributed by atoms with E-state index in [4.69, 9.17) is 23.2 Å². The number of urea groups is 1. The second-order valence-corrected chi connectivity index (χ2v) is 5.25. The van der Waals surface area contributed by atoms with Crippen LogP contribution in [0.1, 0.15) is 5.56 Å². The van der Waals surface area contributed by atoms with E-state index < -0.39 is 0 Å². The first-order valence-corrected chi connectivity index (χ1v) is 7.10. The quantitative estimate of drug-likeness (QED) is 0.783. The van der Waals surface area contributed by atoms with Crippen molar-refractivity contribution in [2.75, 3.05) is 17.7 Å². The molecule has 21 heavy (non-hydrogen) atoms. The molecule has 110 valence electrons. The minimum Gasteiger partial charge on any atom is -0.316 e. The Morgan fingerprint density at radius 3 is 2.38 bits per heavy atom. The van der Waals surface area contributed by atoms with Crippen LogP contribution in [0.15, 0.2) is 42.5 Å². The highest BCUT2D eigenvalue weighted by molar-refractivity contribution is 6.42. The van der Waals surface area contributed by atoms with Crippen molar-refractivity contribution < 1.29 is 4.79 Å². The number of halogens is 2. The summed E-state index contributed by atoms with van der Waals surface area (Å²) in [7, 11) is 1.87. The lowest BCUT2D eigenvalue weighted by molar-refractivity contribution is 0.262. The number of benzene rings is 2. The molecule has 0 saturated carbocycles. The van der Waals surface area contributed by atoms with Crippen molar-refractivity contribution in [1.29, 1.82) is 0 Å². The highest BCUT2D eigenvalue weighted by Crippen LogP contribution is 2.25. The van der Waals surface area contributed by atoms with Gasteiger partial charge in [0.2, 0.25) is 0 Å². The van der Waals surface area contributed by atoms with Gasteiger partial charge in [-0.25, -0.2) is 4.79 Å². The summed E-state index contributed by atoms with van der Waals surface area (Å²) < 4.78 is 0. The van der Waals surface area contributed by atoms with Gasteiger partial charge in [0, 0.05) is 17.9 Å². The first-order valence-electron chi connectivity index (χ1n) is 6.35. The zero-order valence-corrected chi connectivity index (χ0v) is 12.9. The number of amides is 2. The Balaban J connectivity index is 2.01. The number of carbonyl (C=O) groups excluding carboxylic acids is 1. The number of hydrogen-bond acceptors (Lipinski definition) is 2. The summed E-state index contributed by atoms with van der Waals surface area (Å²) in [4.78, 5) is 11.9. The molecular weight excluding hydrogens is 309 g/mol. The van der Waals surface area contributed by atoms with Gasteiger partial charge < -0.3 is 16.0 Å². The molecule has 4 nitrogen and oxygen atoms in total. The largest absolute Gasteiger partial charge is 0.323 e. The molecule has 2 aromatic rings. The van der Waals surface area contributed by atoms with E-state index in [-0.39, 0.29) is 6.03 Å². The van der Waals surface area contributed by atoms with Crippen LogP contribution in [0, 0.1) is 0 Å². The van der Waals surface area contributed by atoms with Crippen LogP contribution in [0.2, 0.25) is 10.0 Å². The van der Waals surface area contributed by atoms with Crippen molar-refractivity contribution in [3.05, 3.63) is 58.1 Å². The normalized spacial score (nSPS) is 10.2. The van der Waals surface area contributed by atoms with Crippen LogP contribution < -0.4 is 16.0 Å². The predicted molar refractivity (Wildman–Crippen MR) is 88.3 cm³/mol. The van der Waals surface area contributed by atoms with E-state index in [1.165, 1.54) is 0 Å². The maximum Gasteiger partial charge on any atom is 0.323 e. The highest BCUT2D eigenvalue weighted by atomic mass is 35.5. The van der Waals surface area contributed by atoms with Gasteiger partial charge in [-0.05, 0) is 42.9 Å². The van der Waals surface area contributed by atoms with Crippen molar-refractivity contribution in [2.24, 2.45) is 0 Å². The van der Waals surface area contributed by atoms with E-state index >= 15 is 0 Å². The lowest BCUT2D eigenvalue weighted by Crippen LogP contribution is -2.19. The predicted octanol–water partition coefficient (Wildman–Crippen LogP) is 4.36. The minimum absolute atomic E-state index is 0.338. The smallest absolute Gasteiger partial charge is 0.316 e. The highest BCUT2D eigenvalue weighted by Gasteiger charge is 2.05. The van der Waals surface area contributed by atoms with Crippen LogP contribution >= 0.6 is 23.2 Å². The second-order valence-electron chi connectivity index (χ2n) is 4.44. The fourth-order valence-electron chi connectivity index (χ4n) is 1.83. The van der Waals surface area contributed by atoms with Gasteiger partial charge in [0.15, 0.2) is 0 Å². The molecule has 3 N–H and O–H groups in total. The lowest BCUT2D eigenvalue weighted by atomic mass is 10.2. The van der Waals surface area contributed by atoms with E-state index in [9.17, 15) is 4.79 Å². The Labute approximate surface area is 133 Å². The van der Waals surface area contributed by atoms with Gasteiger partial charge >= 0.3 is 6.03 Å². The minimum atomic E-state index is -0.338. The summed E-state index contributed by atoms with van der Waals surface area (Å²) in [5.74, 6) is 0. The third kappa shape index (κ3) is 4.63. The lowest BCUT2D eigenvalue weighted by Gasteiger charge is -2.09. The summed E-state index contributed by atoms with van der Waals surface area (Å²) in [6, 6.07) is 12.2. The maximum absolute atomic E-state index is 11.9. The summed E-state index contributed by atoms with van der Waals surface area (Å²) in [5.41, 5.74) is 2.39. The Kier molecular flexibility index (Phi) is 5.44. The average molecular weight is 324 g/mol. The Morgan fingerprint density at radius 1 is 1.00 bits per heavy atom. The van der Waals surface area contributed by atoms with Gasteiger partial charge in [-0.2, -0.15) is 0 Å². The van der Waals surface area contributed by atoms with E-state index in [0.717, 1.165) is 17.8 Å². The second kappa shape index (κ2) is 7.31. The third-order valence-electron chi connectivity index (χ3n) is 2.74. The van der Waals surface area contributed by atoms with E-state index in [1.807, 2.05) is 31.3 Å². The SMILES string of the molecule is CNCc1cccc(NC(=O)Nc2ccc(Cl)c(Cl)c2)c1. The zero-order valence-electron chi connectivity index (χ0n) is 11.4. The van der Waals surface area contributed by atoms with Crippen molar-refractivity contribution in [1.82, 2.24) is 5.32 Å². The van der Waals surface area contributed by atoms with Gasteiger partial charge in [-0.3, -0.25) is 0 Å². The first kappa shape index (κ1) is 15.6. The summed E-state index contributed by atoms with van der Waals surface area (Å²) in [6.07, 6.45) is 0. The first-order chi connectivity index (χ1) is 10.1. The number of carbonyl (C=O) groups is 1. The van der Waals surface area contributed by atoms with Crippen LogP contribution in [0.4, 0.5) is 16.2 Å². The average Bonchev–Trinajstić information content (AvgIpc) is 2.43. The number of hydrogen-bond donors (Lipinski definition) is 3. The molecule has 0 heterocycles. The monoisotopic (exact) mass is 323 g/mol. The van der Waals surface area contributed by atoms with Crippen molar-refractivity contribution in [2.45, 2.75) is 6.54 Å². The molecule has 6 heteroatoms. The molecule has 0 saturated heterocycles. The molecule has 2 rings (SSSR count). The molecule has 0 spiro atoms. The summed E-state index contributed by atoms with van der Waals surface area (Å²) >= 11 is 11.7. The van der Waals surface area contributed by atoms with E-state index in [2.05, 4.69) is 16.0 Å². The summed E-state index contributed by atoms with van der Waals surface area (Å²) in [6.45, 7) is 0.740. The molecule has 2 aromatic carbocycles. The van der Waals surface area contributed by atoms with Crippen molar-refractivity contribution in [3.8, 4) is 0 Å². The van der Waals surface area contributed by atoms with Gasteiger partial charge in [-0.15, -0.1) is 0 Å². The molecular formula is C15H15Cl2N3O. The molecule has 0 radical (unpaired) electrons. The van der Waals surface area contributed by atoms with Crippen LogP contribution in [0.25, 0.3) is 0 Å². The fourth-order valence-corrected chi connectivity index (χ4v) is 2.13.